The Morgan fingerprint density at radius 2 is 1.93 bits per heavy atom. The molecular formula is C31H41N5O6S. The molecule has 3 fully saturated rings. The highest BCUT2D eigenvalue weighted by molar-refractivity contribution is 7.90. The molecule has 2 aromatic rings. The van der Waals surface area contributed by atoms with Crippen LogP contribution in [0.2, 0.25) is 0 Å². The van der Waals surface area contributed by atoms with Crippen molar-refractivity contribution in [2.75, 3.05) is 6.54 Å². The zero-order valence-corrected chi connectivity index (χ0v) is 26.2. The van der Waals surface area contributed by atoms with Gasteiger partial charge in [0, 0.05) is 12.8 Å². The first-order valence-corrected chi connectivity index (χ1v) is 16.3. The minimum Gasteiger partial charge on any atom is -0.472 e. The summed E-state index contributed by atoms with van der Waals surface area (Å²) in [5.74, 6) is -0.874. The molecule has 1 aromatic heterocycles. The van der Waals surface area contributed by atoms with Gasteiger partial charge in [-0.2, -0.15) is 4.98 Å². The van der Waals surface area contributed by atoms with Crippen molar-refractivity contribution in [2.45, 2.75) is 90.2 Å². The van der Waals surface area contributed by atoms with Crippen LogP contribution in [0.5, 0.6) is 5.88 Å². The number of nitrogens with zero attached hydrogens (tertiary/aromatic N) is 3. The number of rotatable bonds is 10. The van der Waals surface area contributed by atoms with E-state index in [0.29, 0.717) is 31.0 Å². The van der Waals surface area contributed by atoms with E-state index in [0.717, 1.165) is 16.5 Å². The molecule has 2 heterocycles. The summed E-state index contributed by atoms with van der Waals surface area (Å²) in [6.45, 7) is 13.2. The number of allylic oxidation sites excluding steroid dienone is 1. The van der Waals surface area contributed by atoms with Gasteiger partial charge in [-0.05, 0) is 56.6 Å². The number of nitrogens with one attached hydrogen (secondary N) is 1. The molecule has 5 atom stereocenters. The Kier molecular flexibility index (Phi) is 7.92. The SMILES string of the molecule is C=C[C@@H]1C[C@]1(CC(=O)C1C[C@@H](Oc2nc(C)nc3ccc(C)cc23)CN1C(=O)[C@@H](N)C(C)(C)C)C(=O)NS(=O)(=O)C1CC1. The fourth-order valence-corrected chi connectivity index (χ4v) is 7.25. The molecule has 1 aromatic carbocycles. The third-order valence-electron chi connectivity index (χ3n) is 8.88. The Morgan fingerprint density at radius 1 is 1.23 bits per heavy atom. The van der Waals surface area contributed by atoms with E-state index in [1.165, 1.54) is 4.90 Å². The number of likely N-dealkylation sites (tertiary alicyclic amines) is 1. The maximum atomic E-state index is 14.0. The van der Waals surface area contributed by atoms with Gasteiger partial charge in [-0.15, -0.1) is 6.58 Å². The van der Waals surface area contributed by atoms with Gasteiger partial charge in [0.25, 0.3) is 0 Å². The standard InChI is InChI=1S/C31H41N5O6S/c1-7-19-14-31(19,29(39)35-43(40,41)21-9-10-21)15-25(37)24-13-20(16-36(24)28(38)26(32)30(4,5)6)42-27-22-12-17(2)8-11-23(22)33-18(3)34-27/h7-8,11-12,19-21,24,26H,1,9-10,13-16,32H2,2-6H3,(H,35,39)/t19-,20-,24?,26-,31-/m1/s1. The van der Waals surface area contributed by atoms with Crippen molar-refractivity contribution in [3.8, 4) is 5.88 Å². The Morgan fingerprint density at radius 3 is 2.53 bits per heavy atom. The summed E-state index contributed by atoms with van der Waals surface area (Å²) in [4.78, 5) is 51.5. The topological polar surface area (TPSA) is 162 Å². The number of sulfonamides is 1. The summed E-state index contributed by atoms with van der Waals surface area (Å²) in [6, 6.07) is 3.99. The van der Waals surface area contributed by atoms with E-state index >= 15 is 0 Å². The Hall–Kier alpha value is -3.38. The Labute approximate surface area is 252 Å². The summed E-state index contributed by atoms with van der Waals surface area (Å²) in [6.07, 6.45) is 2.29. The van der Waals surface area contributed by atoms with Crippen molar-refractivity contribution in [1.82, 2.24) is 19.6 Å². The number of carbonyl (C=O) groups excluding carboxylic acids is 3. The first kappa shape index (κ1) is 31.1. The van der Waals surface area contributed by atoms with Crippen LogP contribution in [-0.4, -0.2) is 70.9 Å². The lowest BCUT2D eigenvalue weighted by Crippen LogP contribution is -2.53. The molecule has 0 radical (unpaired) electrons. The molecule has 232 valence electrons. The van der Waals surface area contributed by atoms with Crippen molar-refractivity contribution in [2.24, 2.45) is 22.5 Å². The second kappa shape index (κ2) is 11.0. The lowest BCUT2D eigenvalue weighted by atomic mass is 9.86. The summed E-state index contributed by atoms with van der Waals surface area (Å²) in [5.41, 5.74) is 6.31. The Balaban J connectivity index is 1.42. The number of ketones is 1. The average Bonchev–Trinajstić information content (AvgIpc) is 3.84. The van der Waals surface area contributed by atoms with E-state index in [4.69, 9.17) is 10.5 Å². The second-order valence-electron chi connectivity index (χ2n) is 13.4. The lowest BCUT2D eigenvalue weighted by molar-refractivity contribution is -0.141. The zero-order chi connectivity index (χ0) is 31.5. The summed E-state index contributed by atoms with van der Waals surface area (Å²) in [7, 11) is -3.79. The molecule has 3 aliphatic rings. The Bertz CT molecular complexity index is 1600. The zero-order valence-electron chi connectivity index (χ0n) is 25.4. The van der Waals surface area contributed by atoms with Crippen molar-refractivity contribution in [3.05, 3.63) is 42.2 Å². The maximum Gasteiger partial charge on any atom is 0.240 e. The van der Waals surface area contributed by atoms with E-state index in [-0.39, 0.29) is 37.0 Å². The number of hydrogen-bond donors (Lipinski definition) is 2. The largest absolute Gasteiger partial charge is 0.472 e. The van der Waals surface area contributed by atoms with Crippen molar-refractivity contribution < 1.29 is 27.5 Å². The van der Waals surface area contributed by atoms with Crippen molar-refractivity contribution in [1.29, 1.82) is 0 Å². The smallest absolute Gasteiger partial charge is 0.240 e. The van der Waals surface area contributed by atoms with Crippen LogP contribution in [-0.2, 0) is 24.4 Å². The molecule has 3 N–H and O–H groups in total. The number of nitrogens with two attached hydrogens (primary N) is 1. The van der Waals surface area contributed by atoms with Crippen molar-refractivity contribution >= 4 is 38.5 Å². The van der Waals surface area contributed by atoms with Gasteiger partial charge in [-0.25, -0.2) is 13.4 Å². The molecule has 1 aliphatic heterocycles. The maximum absolute atomic E-state index is 14.0. The monoisotopic (exact) mass is 611 g/mol. The van der Waals surface area contributed by atoms with Gasteiger partial charge in [0.15, 0.2) is 5.78 Å². The number of fused-ring (bicyclic) bond motifs is 1. The quantitative estimate of drug-likeness (QED) is 0.385. The average molecular weight is 612 g/mol. The summed E-state index contributed by atoms with van der Waals surface area (Å²) >= 11 is 0. The normalized spacial score (nSPS) is 26.2. The van der Waals surface area contributed by atoms with E-state index in [1.54, 1.807) is 13.0 Å². The predicted molar refractivity (Wildman–Crippen MR) is 161 cm³/mol. The van der Waals surface area contributed by atoms with Crippen LogP contribution in [0.15, 0.2) is 30.9 Å². The van der Waals surface area contributed by atoms with Crippen molar-refractivity contribution in [3.63, 3.8) is 0 Å². The number of carbonyl (C=O) groups is 3. The molecule has 0 spiro atoms. The van der Waals surface area contributed by atoms with Gasteiger partial charge in [-0.1, -0.05) is 38.5 Å². The molecule has 11 nitrogen and oxygen atoms in total. The molecule has 2 aliphatic carbocycles. The van der Waals surface area contributed by atoms with Crippen LogP contribution in [0.3, 0.4) is 0 Å². The van der Waals surface area contributed by atoms with Crippen LogP contribution in [0.1, 0.15) is 64.3 Å². The van der Waals surface area contributed by atoms with Crippen LogP contribution >= 0.6 is 0 Å². The number of aromatic nitrogens is 2. The fraction of sp³-hybridized carbons (Fsp3) is 0.581. The summed E-state index contributed by atoms with van der Waals surface area (Å²) in [5, 5.41) is 0.152. The predicted octanol–water partition coefficient (Wildman–Crippen LogP) is 2.73. The molecule has 2 amide bonds. The number of benzene rings is 1. The van der Waals surface area contributed by atoms with E-state index in [1.807, 2.05) is 45.9 Å². The first-order chi connectivity index (χ1) is 20.1. The molecule has 0 bridgehead atoms. The minimum atomic E-state index is -3.79. The molecule has 12 heteroatoms. The number of ether oxygens (including phenoxy) is 1. The number of aryl methyl sites for hydroxylation is 2. The lowest BCUT2D eigenvalue weighted by Gasteiger charge is -2.32. The molecule has 5 rings (SSSR count). The minimum absolute atomic E-state index is 0.107. The summed E-state index contributed by atoms with van der Waals surface area (Å²) < 4.78 is 33.7. The van der Waals surface area contributed by atoms with Gasteiger partial charge < -0.3 is 15.4 Å². The highest BCUT2D eigenvalue weighted by Gasteiger charge is 2.61. The fourth-order valence-electron chi connectivity index (χ4n) is 5.86. The number of amides is 2. The molecule has 43 heavy (non-hydrogen) atoms. The third kappa shape index (κ3) is 6.17. The van der Waals surface area contributed by atoms with Gasteiger partial charge in [0.1, 0.15) is 11.9 Å². The van der Waals surface area contributed by atoms with Gasteiger partial charge in [0.2, 0.25) is 27.7 Å². The molecule has 1 saturated heterocycles. The first-order valence-electron chi connectivity index (χ1n) is 14.7. The second-order valence-corrected chi connectivity index (χ2v) is 15.4. The molecule has 2 saturated carbocycles. The van der Waals surface area contributed by atoms with Crippen LogP contribution in [0.4, 0.5) is 0 Å². The van der Waals surface area contributed by atoms with Gasteiger partial charge >= 0.3 is 0 Å². The van der Waals surface area contributed by atoms with Crippen LogP contribution in [0.25, 0.3) is 10.9 Å². The van der Waals surface area contributed by atoms with Crippen LogP contribution < -0.4 is 15.2 Å². The van der Waals surface area contributed by atoms with E-state index < -0.39 is 50.2 Å². The molecular weight excluding hydrogens is 570 g/mol. The third-order valence-corrected chi connectivity index (χ3v) is 10.7. The van der Waals surface area contributed by atoms with Gasteiger partial charge in [-0.3, -0.25) is 19.1 Å². The molecule has 1 unspecified atom stereocenters. The van der Waals surface area contributed by atoms with Gasteiger partial charge in [0.05, 0.1) is 40.2 Å². The van der Waals surface area contributed by atoms with Crippen LogP contribution in [0, 0.1) is 30.6 Å². The van der Waals surface area contributed by atoms with E-state index in [2.05, 4.69) is 21.3 Å². The highest BCUT2D eigenvalue weighted by atomic mass is 32.2. The number of Topliss-reactive ketones (excluding diaryl/α,β-unsaturated/α-hetero) is 1. The highest BCUT2D eigenvalue weighted by Crippen LogP contribution is 2.57. The van der Waals surface area contributed by atoms with E-state index in [9.17, 15) is 22.8 Å². The number of hydrogen-bond acceptors (Lipinski definition) is 9.